The molecule has 1 saturated heterocycles. The van der Waals surface area contributed by atoms with Crippen LogP contribution >= 0.6 is 0 Å². The van der Waals surface area contributed by atoms with Gasteiger partial charge in [0.05, 0.1) is 18.8 Å². The third-order valence-electron chi connectivity index (χ3n) is 4.22. The van der Waals surface area contributed by atoms with Gasteiger partial charge in [-0.3, -0.25) is 15.0 Å². The van der Waals surface area contributed by atoms with Crippen molar-refractivity contribution in [3.63, 3.8) is 0 Å². The zero-order valence-electron chi connectivity index (χ0n) is 14.1. The molecule has 1 aliphatic heterocycles. The summed E-state index contributed by atoms with van der Waals surface area (Å²) in [5.74, 6) is -0.786. The second-order valence-corrected chi connectivity index (χ2v) is 6.18. The number of carbonyl (C=O) groups excluding carboxylic acids is 2. The Hall–Kier alpha value is -2.77. The van der Waals surface area contributed by atoms with E-state index in [-0.39, 0.29) is 24.6 Å². The maximum Gasteiger partial charge on any atom is 0.318 e. The molecular formula is C19H20FN3O3. The van der Waals surface area contributed by atoms with E-state index in [0.717, 1.165) is 11.1 Å². The van der Waals surface area contributed by atoms with Gasteiger partial charge in [-0.25, -0.2) is 9.18 Å². The Morgan fingerprint density at radius 2 is 1.62 bits per heavy atom. The van der Waals surface area contributed by atoms with E-state index in [9.17, 15) is 14.0 Å². The first-order valence-corrected chi connectivity index (χ1v) is 8.29. The fraction of sp³-hybridized carbons (Fsp3) is 0.263. The van der Waals surface area contributed by atoms with Crippen LogP contribution in [0, 0.1) is 5.82 Å². The minimum atomic E-state index is -0.877. The zero-order chi connectivity index (χ0) is 18.5. The maximum atomic E-state index is 13.2. The van der Waals surface area contributed by atoms with E-state index in [1.807, 2.05) is 35.2 Å². The molecular weight excluding hydrogens is 337 g/mol. The zero-order valence-corrected chi connectivity index (χ0v) is 14.1. The molecule has 6 nitrogen and oxygen atoms in total. The third kappa shape index (κ3) is 4.65. The largest absolute Gasteiger partial charge is 0.363 e. The summed E-state index contributed by atoms with van der Waals surface area (Å²) in [6.45, 7) is 0.961. The number of nitrogens with one attached hydrogen (secondary N) is 1. The number of morpholine rings is 1. The summed E-state index contributed by atoms with van der Waals surface area (Å²) in [6.07, 6.45) is -0.572. The fourth-order valence-corrected chi connectivity index (χ4v) is 3.05. The van der Waals surface area contributed by atoms with Crippen molar-refractivity contribution in [3.05, 3.63) is 71.5 Å². The van der Waals surface area contributed by atoms with Crippen molar-refractivity contribution in [2.75, 3.05) is 19.6 Å². The van der Waals surface area contributed by atoms with E-state index in [0.29, 0.717) is 13.1 Å². The third-order valence-corrected chi connectivity index (χ3v) is 4.22. The lowest BCUT2D eigenvalue weighted by molar-refractivity contribution is -0.127. The Labute approximate surface area is 150 Å². The molecule has 0 radical (unpaired) electrons. The summed E-state index contributed by atoms with van der Waals surface area (Å²) >= 11 is 0. The number of amides is 3. The Morgan fingerprint density at radius 1 is 1.04 bits per heavy atom. The molecule has 26 heavy (non-hydrogen) atoms. The average molecular weight is 357 g/mol. The fourth-order valence-electron chi connectivity index (χ4n) is 3.05. The van der Waals surface area contributed by atoms with Crippen LogP contribution in [0.5, 0.6) is 0 Å². The number of benzene rings is 2. The average Bonchev–Trinajstić information content (AvgIpc) is 2.62. The maximum absolute atomic E-state index is 13.2. The first kappa shape index (κ1) is 18.0. The smallest absolute Gasteiger partial charge is 0.318 e. The Balaban J connectivity index is 1.79. The van der Waals surface area contributed by atoms with Gasteiger partial charge in [0.1, 0.15) is 5.82 Å². The van der Waals surface area contributed by atoms with Gasteiger partial charge >= 0.3 is 6.03 Å². The van der Waals surface area contributed by atoms with E-state index >= 15 is 0 Å². The van der Waals surface area contributed by atoms with Gasteiger partial charge < -0.3 is 10.5 Å². The first-order chi connectivity index (χ1) is 12.5. The molecule has 0 unspecified atom stereocenters. The molecule has 3 rings (SSSR count). The Kier molecular flexibility index (Phi) is 5.60. The second-order valence-electron chi connectivity index (χ2n) is 6.18. The van der Waals surface area contributed by atoms with Gasteiger partial charge in [0.25, 0.3) is 0 Å². The summed E-state index contributed by atoms with van der Waals surface area (Å²) < 4.78 is 19.4. The number of primary amides is 1. The molecule has 2 atom stereocenters. The molecule has 2 aromatic carbocycles. The number of carbonyl (C=O) groups is 2. The van der Waals surface area contributed by atoms with Crippen LogP contribution in [0.15, 0.2) is 54.6 Å². The molecule has 1 aliphatic rings. The van der Waals surface area contributed by atoms with E-state index in [2.05, 4.69) is 5.32 Å². The predicted octanol–water partition coefficient (Wildman–Crippen LogP) is 2.14. The minimum Gasteiger partial charge on any atom is -0.363 e. The summed E-state index contributed by atoms with van der Waals surface area (Å²) in [7, 11) is 0. The van der Waals surface area contributed by atoms with E-state index in [4.69, 9.17) is 10.5 Å². The van der Waals surface area contributed by atoms with E-state index in [1.165, 1.54) is 12.1 Å². The molecule has 0 saturated carbocycles. The van der Waals surface area contributed by atoms with Crippen molar-refractivity contribution in [2.45, 2.75) is 12.2 Å². The lowest BCUT2D eigenvalue weighted by Crippen LogP contribution is -2.47. The van der Waals surface area contributed by atoms with E-state index < -0.39 is 11.9 Å². The molecule has 1 heterocycles. The Morgan fingerprint density at radius 3 is 2.19 bits per heavy atom. The molecule has 136 valence electrons. The number of imide groups is 1. The van der Waals surface area contributed by atoms with Crippen LogP contribution in [0.1, 0.15) is 23.3 Å². The van der Waals surface area contributed by atoms with Crippen LogP contribution in [-0.4, -0.2) is 36.5 Å². The van der Waals surface area contributed by atoms with E-state index in [1.54, 1.807) is 12.1 Å². The summed E-state index contributed by atoms with van der Waals surface area (Å²) in [5, 5.41) is 2.07. The van der Waals surface area contributed by atoms with Gasteiger partial charge in [0, 0.05) is 13.1 Å². The highest BCUT2D eigenvalue weighted by molar-refractivity contribution is 5.94. The van der Waals surface area contributed by atoms with Crippen molar-refractivity contribution in [1.29, 1.82) is 0 Å². The Bertz CT molecular complexity index is 767. The number of urea groups is 1. The quantitative estimate of drug-likeness (QED) is 0.878. The molecule has 3 N–H and O–H groups in total. The number of halogens is 1. The molecule has 0 aliphatic carbocycles. The second kappa shape index (κ2) is 8.07. The number of nitrogens with two attached hydrogens (primary N) is 1. The highest BCUT2D eigenvalue weighted by atomic mass is 19.1. The summed E-state index contributed by atoms with van der Waals surface area (Å²) in [6, 6.07) is 14.9. The van der Waals surface area contributed by atoms with Crippen molar-refractivity contribution < 1.29 is 18.7 Å². The molecule has 0 spiro atoms. The highest BCUT2D eigenvalue weighted by Crippen LogP contribution is 2.32. The number of nitrogens with zero attached hydrogens (tertiary/aromatic N) is 1. The van der Waals surface area contributed by atoms with Crippen molar-refractivity contribution in [2.24, 2.45) is 5.73 Å². The molecule has 2 aromatic rings. The molecule has 1 fully saturated rings. The summed E-state index contributed by atoms with van der Waals surface area (Å²) in [4.78, 5) is 24.7. The monoisotopic (exact) mass is 357 g/mol. The normalized spacial score (nSPS) is 20.5. The van der Waals surface area contributed by atoms with Gasteiger partial charge in [-0.2, -0.15) is 0 Å². The standard InChI is InChI=1S/C19H20FN3O3/c20-15-8-6-14(7-9-15)17-11-23(12-18(24)22-19(21)25)10-16(26-17)13-4-2-1-3-5-13/h1-9,16-17H,10-12H2,(H3,21,22,24,25)/t16-,17+/m1/s1. The topological polar surface area (TPSA) is 84.7 Å². The molecule has 0 bridgehead atoms. The predicted molar refractivity (Wildman–Crippen MR) is 93.6 cm³/mol. The van der Waals surface area contributed by atoms with Crippen LogP contribution in [0.3, 0.4) is 0 Å². The van der Waals surface area contributed by atoms with Crippen molar-refractivity contribution in [3.8, 4) is 0 Å². The minimum absolute atomic E-state index is 0.0212. The first-order valence-electron chi connectivity index (χ1n) is 8.29. The number of ether oxygens (including phenoxy) is 1. The van der Waals surface area contributed by atoms with Crippen LogP contribution in [0.4, 0.5) is 9.18 Å². The van der Waals surface area contributed by atoms with Crippen LogP contribution in [0.2, 0.25) is 0 Å². The lowest BCUT2D eigenvalue weighted by atomic mass is 10.0. The molecule has 0 aromatic heterocycles. The van der Waals surface area contributed by atoms with Gasteiger partial charge in [-0.15, -0.1) is 0 Å². The van der Waals surface area contributed by atoms with Gasteiger partial charge in [-0.1, -0.05) is 42.5 Å². The SMILES string of the molecule is NC(=O)NC(=O)CN1C[C@@H](c2ccc(F)cc2)O[C@@H](c2ccccc2)C1. The van der Waals surface area contributed by atoms with Crippen LogP contribution in [-0.2, 0) is 9.53 Å². The van der Waals surface area contributed by atoms with Gasteiger partial charge in [0.15, 0.2) is 0 Å². The highest BCUT2D eigenvalue weighted by Gasteiger charge is 2.30. The van der Waals surface area contributed by atoms with Gasteiger partial charge in [0.2, 0.25) is 5.91 Å². The number of hydrogen-bond donors (Lipinski definition) is 2. The van der Waals surface area contributed by atoms with Crippen molar-refractivity contribution >= 4 is 11.9 Å². The lowest BCUT2D eigenvalue weighted by Gasteiger charge is -2.38. The molecule has 7 heteroatoms. The number of rotatable bonds is 4. The van der Waals surface area contributed by atoms with Crippen LogP contribution in [0.25, 0.3) is 0 Å². The van der Waals surface area contributed by atoms with Crippen LogP contribution < -0.4 is 11.1 Å². The van der Waals surface area contributed by atoms with Gasteiger partial charge in [-0.05, 0) is 23.3 Å². The molecule has 3 amide bonds. The van der Waals surface area contributed by atoms with Crippen molar-refractivity contribution in [1.82, 2.24) is 10.2 Å². The summed E-state index contributed by atoms with van der Waals surface area (Å²) in [5.41, 5.74) is 6.81. The number of hydrogen-bond acceptors (Lipinski definition) is 4.